The van der Waals surface area contributed by atoms with Gasteiger partial charge in [-0.05, 0) is 68.2 Å². The van der Waals surface area contributed by atoms with Crippen molar-refractivity contribution in [2.45, 2.75) is 118 Å². The normalized spacial score (nSPS) is 17.5. The number of hydrogen-bond donors (Lipinski definition) is 0. The van der Waals surface area contributed by atoms with Crippen molar-refractivity contribution >= 4 is 23.9 Å². The van der Waals surface area contributed by atoms with E-state index in [2.05, 4.69) is 4.74 Å². The van der Waals surface area contributed by atoms with Crippen LogP contribution in [0.2, 0.25) is 0 Å². The van der Waals surface area contributed by atoms with Crippen LogP contribution >= 0.6 is 0 Å². The van der Waals surface area contributed by atoms with Crippen molar-refractivity contribution in [1.29, 1.82) is 0 Å². The molecule has 0 rings (SSSR count). The van der Waals surface area contributed by atoms with Gasteiger partial charge in [-0.2, -0.15) is 13.2 Å². The summed E-state index contributed by atoms with van der Waals surface area (Å²) in [5, 5.41) is 0. The number of rotatable bonds is 11. The molecule has 4 atom stereocenters. The highest BCUT2D eigenvalue weighted by molar-refractivity contribution is 5.84. The van der Waals surface area contributed by atoms with Crippen LogP contribution in [0.15, 0.2) is 0 Å². The van der Waals surface area contributed by atoms with Gasteiger partial charge in [-0.3, -0.25) is 9.59 Å². The highest BCUT2D eigenvalue weighted by atomic mass is 19.4. The molecular formula is C25H40F4O8. The summed E-state index contributed by atoms with van der Waals surface area (Å²) in [6.07, 6.45) is -8.80. The Morgan fingerprint density at radius 3 is 1.68 bits per heavy atom. The molecular weight excluding hydrogens is 504 g/mol. The monoisotopic (exact) mass is 544 g/mol. The standard InChI is InChI=1S/C25H40F4O8/c1-11-24(26,20(33)37-22(7,8)9)14-23(10,12-15(2)18(31)36-21(4,5)6)19(32)34-13-17(30)35-16(3)25(27,28)29/h15-16H,11-14H2,1-10H3. The molecule has 0 aliphatic heterocycles. The van der Waals surface area contributed by atoms with Crippen LogP contribution in [-0.2, 0) is 38.1 Å². The van der Waals surface area contributed by atoms with Crippen LogP contribution in [-0.4, -0.2) is 59.6 Å². The lowest BCUT2D eigenvalue weighted by Crippen LogP contribution is -2.47. The Bertz CT molecular complexity index is 828. The number of carbonyl (C=O) groups excluding carboxylic acids is 4. The zero-order chi connectivity index (χ0) is 29.6. The van der Waals surface area contributed by atoms with Crippen LogP contribution in [0.4, 0.5) is 17.6 Å². The van der Waals surface area contributed by atoms with E-state index < -0.39 is 83.8 Å². The summed E-state index contributed by atoms with van der Waals surface area (Å²) in [7, 11) is 0. The van der Waals surface area contributed by atoms with Gasteiger partial charge in [0.25, 0.3) is 0 Å². The minimum Gasteiger partial charge on any atom is -0.460 e. The van der Waals surface area contributed by atoms with Gasteiger partial charge < -0.3 is 18.9 Å². The molecule has 0 aromatic rings. The summed E-state index contributed by atoms with van der Waals surface area (Å²) in [6, 6.07) is 0. The molecule has 216 valence electrons. The molecule has 0 bridgehead atoms. The van der Waals surface area contributed by atoms with Crippen molar-refractivity contribution in [2.24, 2.45) is 11.3 Å². The highest BCUT2D eigenvalue weighted by Crippen LogP contribution is 2.41. The minimum absolute atomic E-state index is 0.358. The number of esters is 4. The van der Waals surface area contributed by atoms with Gasteiger partial charge >= 0.3 is 30.1 Å². The molecule has 0 aromatic heterocycles. The van der Waals surface area contributed by atoms with Gasteiger partial charge in [0.1, 0.15) is 11.2 Å². The lowest BCUT2D eigenvalue weighted by Gasteiger charge is -2.36. The summed E-state index contributed by atoms with van der Waals surface area (Å²) in [6.45, 7) is 12.9. The van der Waals surface area contributed by atoms with Crippen LogP contribution in [0, 0.1) is 11.3 Å². The van der Waals surface area contributed by atoms with Crippen molar-refractivity contribution in [3.63, 3.8) is 0 Å². The SMILES string of the molecule is CCC(F)(CC(C)(CC(C)C(=O)OC(C)(C)C)C(=O)OCC(=O)OC(C)C(F)(F)F)C(=O)OC(C)(C)C. The van der Waals surface area contributed by atoms with Gasteiger partial charge in [-0.25, -0.2) is 14.0 Å². The molecule has 0 aliphatic rings. The zero-order valence-electron chi connectivity index (χ0n) is 23.3. The fraction of sp³-hybridized carbons (Fsp3) is 0.840. The topological polar surface area (TPSA) is 105 Å². The van der Waals surface area contributed by atoms with Gasteiger partial charge in [-0.15, -0.1) is 0 Å². The molecule has 0 spiro atoms. The first-order chi connectivity index (χ1) is 16.3. The Balaban J connectivity index is 5.96. The van der Waals surface area contributed by atoms with E-state index in [0.717, 1.165) is 0 Å². The fourth-order valence-corrected chi connectivity index (χ4v) is 3.32. The molecule has 0 aromatic carbocycles. The van der Waals surface area contributed by atoms with Crippen molar-refractivity contribution in [1.82, 2.24) is 0 Å². The molecule has 0 N–H and O–H groups in total. The average molecular weight is 545 g/mol. The Hall–Kier alpha value is -2.40. The number of carbonyl (C=O) groups is 4. The Labute approximate surface area is 215 Å². The van der Waals surface area contributed by atoms with Gasteiger partial charge in [-0.1, -0.05) is 13.8 Å². The van der Waals surface area contributed by atoms with Gasteiger partial charge in [0, 0.05) is 6.42 Å². The molecule has 12 heteroatoms. The second kappa shape index (κ2) is 12.4. The molecule has 4 unspecified atom stereocenters. The summed E-state index contributed by atoms with van der Waals surface area (Å²) < 4.78 is 73.4. The predicted octanol–water partition coefficient (Wildman–Crippen LogP) is 5.25. The summed E-state index contributed by atoms with van der Waals surface area (Å²) in [5.41, 5.74) is -6.46. The average Bonchev–Trinajstić information content (AvgIpc) is 2.68. The predicted molar refractivity (Wildman–Crippen MR) is 125 cm³/mol. The number of hydrogen-bond acceptors (Lipinski definition) is 8. The molecule has 0 aliphatic carbocycles. The Kier molecular flexibility index (Phi) is 11.6. The summed E-state index contributed by atoms with van der Waals surface area (Å²) >= 11 is 0. The maximum absolute atomic E-state index is 15.9. The van der Waals surface area contributed by atoms with Crippen LogP contribution in [0.3, 0.4) is 0 Å². The fourth-order valence-electron chi connectivity index (χ4n) is 3.32. The first-order valence-electron chi connectivity index (χ1n) is 11.9. The van der Waals surface area contributed by atoms with Crippen LogP contribution in [0.1, 0.15) is 88.5 Å². The van der Waals surface area contributed by atoms with E-state index in [0.29, 0.717) is 6.92 Å². The number of alkyl halides is 4. The molecule has 0 amide bonds. The first kappa shape index (κ1) is 34.6. The van der Waals surface area contributed by atoms with Crippen molar-refractivity contribution in [3.8, 4) is 0 Å². The quantitative estimate of drug-likeness (QED) is 0.197. The minimum atomic E-state index is -4.82. The third-order valence-electron chi connectivity index (χ3n) is 5.14. The number of halogens is 4. The van der Waals surface area contributed by atoms with Crippen LogP contribution in [0.5, 0.6) is 0 Å². The Morgan fingerprint density at radius 2 is 1.27 bits per heavy atom. The first-order valence-corrected chi connectivity index (χ1v) is 11.9. The van der Waals surface area contributed by atoms with E-state index in [1.807, 2.05) is 0 Å². The molecule has 37 heavy (non-hydrogen) atoms. The maximum Gasteiger partial charge on any atom is 0.425 e. The van der Waals surface area contributed by atoms with Crippen molar-refractivity contribution < 1.29 is 55.7 Å². The lowest BCUT2D eigenvalue weighted by atomic mass is 9.73. The second-order valence-electron chi connectivity index (χ2n) is 11.4. The molecule has 0 fully saturated rings. The van der Waals surface area contributed by atoms with E-state index in [4.69, 9.17) is 14.2 Å². The molecule has 0 radical (unpaired) electrons. The molecule has 0 saturated carbocycles. The van der Waals surface area contributed by atoms with E-state index in [1.54, 1.807) is 20.8 Å². The smallest absolute Gasteiger partial charge is 0.425 e. The lowest BCUT2D eigenvalue weighted by molar-refractivity contribution is -0.218. The third kappa shape index (κ3) is 12.1. The molecule has 8 nitrogen and oxygen atoms in total. The van der Waals surface area contributed by atoms with Crippen LogP contribution < -0.4 is 0 Å². The number of ether oxygens (including phenoxy) is 4. The summed E-state index contributed by atoms with van der Waals surface area (Å²) in [5.74, 6) is -5.60. The second-order valence-corrected chi connectivity index (χ2v) is 11.4. The largest absolute Gasteiger partial charge is 0.460 e. The molecule has 0 heterocycles. The van der Waals surface area contributed by atoms with E-state index in [-0.39, 0.29) is 6.42 Å². The van der Waals surface area contributed by atoms with Crippen molar-refractivity contribution in [3.05, 3.63) is 0 Å². The maximum atomic E-state index is 15.9. The molecule has 0 saturated heterocycles. The Morgan fingerprint density at radius 1 is 0.784 bits per heavy atom. The third-order valence-corrected chi connectivity index (χ3v) is 5.14. The van der Waals surface area contributed by atoms with Gasteiger partial charge in [0.15, 0.2) is 12.7 Å². The van der Waals surface area contributed by atoms with Gasteiger partial charge in [0.2, 0.25) is 5.67 Å². The van der Waals surface area contributed by atoms with Crippen molar-refractivity contribution in [2.75, 3.05) is 6.61 Å². The van der Waals surface area contributed by atoms with E-state index in [9.17, 15) is 32.3 Å². The summed E-state index contributed by atoms with van der Waals surface area (Å²) in [4.78, 5) is 50.1. The van der Waals surface area contributed by atoms with E-state index in [1.165, 1.54) is 41.5 Å². The van der Waals surface area contributed by atoms with E-state index >= 15 is 4.39 Å². The van der Waals surface area contributed by atoms with Crippen LogP contribution in [0.25, 0.3) is 0 Å². The zero-order valence-corrected chi connectivity index (χ0v) is 23.3. The highest BCUT2D eigenvalue weighted by Gasteiger charge is 2.51. The van der Waals surface area contributed by atoms with Gasteiger partial charge in [0.05, 0.1) is 11.3 Å².